The molecule has 0 spiro atoms. The van der Waals surface area contributed by atoms with Crippen LogP contribution >= 0.6 is 0 Å². The second-order valence-corrected chi connectivity index (χ2v) is 6.06. The van der Waals surface area contributed by atoms with Crippen molar-refractivity contribution in [3.05, 3.63) is 36.3 Å². The standard InChI is InChI=1S/C16H22N4O2/c1-19-15(20-9-5-6-10-20)13(11-18-19)14(21)17-12-16(22)7-3-2-4-8-16/h5-6,9-11,22H,2-4,7-8,12H2,1H3,(H,17,21). The third kappa shape index (κ3) is 2.92. The molecule has 0 unspecified atom stereocenters. The highest BCUT2D eigenvalue weighted by molar-refractivity contribution is 5.97. The molecule has 1 amide bonds. The van der Waals surface area contributed by atoms with E-state index in [4.69, 9.17) is 0 Å². The molecule has 1 saturated carbocycles. The number of aryl methyl sites for hydroxylation is 1. The molecule has 0 atom stereocenters. The second kappa shape index (κ2) is 5.96. The number of rotatable bonds is 4. The Hall–Kier alpha value is -2.08. The minimum Gasteiger partial charge on any atom is -0.388 e. The highest BCUT2D eigenvalue weighted by Crippen LogP contribution is 2.27. The number of nitrogens with one attached hydrogen (secondary N) is 1. The maximum absolute atomic E-state index is 12.5. The Morgan fingerprint density at radius 2 is 2.00 bits per heavy atom. The fourth-order valence-electron chi connectivity index (χ4n) is 3.10. The Balaban J connectivity index is 1.73. The third-order valence-corrected chi connectivity index (χ3v) is 4.36. The topological polar surface area (TPSA) is 72.1 Å². The largest absolute Gasteiger partial charge is 0.388 e. The van der Waals surface area contributed by atoms with E-state index in [0.29, 0.717) is 12.1 Å². The van der Waals surface area contributed by atoms with Gasteiger partial charge in [-0.15, -0.1) is 0 Å². The number of carbonyl (C=O) groups is 1. The Bertz CT molecular complexity index is 639. The minimum atomic E-state index is -0.760. The molecule has 118 valence electrons. The van der Waals surface area contributed by atoms with Gasteiger partial charge in [0.25, 0.3) is 5.91 Å². The Kier molecular flexibility index (Phi) is 4.02. The van der Waals surface area contributed by atoms with E-state index in [0.717, 1.165) is 37.9 Å². The number of nitrogens with zero attached hydrogens (tertiary/aromatic N) is 3. The molecule has 6 heteroatoms. The fraction of sp³-hybridized carbons (Fsp3) is 0.500. The van der Waals surface area contributed by atoms with Crippen LogP contribution in [0.4, 0.5) is 0 Å². The monoisotopic (exact) mass is 302 g/mol. The molecular weight excluding hydrogens is 280 g/mol. The molecule has 1 aliphatic carbocycles. The number of carbonyl (C=O) groups excluding carboxylic acids is 1. The predicted octanol–water partition coefficient (Wildman–Crippen LogP) is 1.64. The first-order chi connectivity index (χ1) is 10.6. The van der Waals surface area contributed by atoms with Crippen LogP contribution in [-0.4, -0.2) is 37.5 Å². The number of amides is 1. The molecule has 2 heterocycles. The smallest absolute Gasteiger partial charge is 0.256 e. The molecule has 0 bridgehead atoms. The Morgan fingerprint density at radius 1 is 1.32 bits per heavy atom. The van der Waals surface area contributed by atoms with Crippen LogP contribution in [0.15, 0.2) is 30.7 Å². The maximum atomic E-state index is 12.5. The summed E-state index contributed by atoms with van der Waals surface area (Å²) in [5, 5.41) is 17.5. The molecule has 3 rings (SSSR count). The van der Waals surface area contributed by atoms with E-state index in [1.54, 1.807) is 17.9 Å². The van der Waals surface area contributed by atoms with Gasteiger partial charge in [0.2, 0.25) is 0 Å². The van der Waals surface area contributed by atoms with Crippen molar-refractivity contribution in [1.82, 2.24) is 19.7 Å². The van der Waals surface area contributed by atoms with Gasteiger partial charge < -0.3 is 15.0 Å². The lowest BCUT2D eigenvalue weighted by Crippen LogP contribution is -2.44. The summed E-state index contributed by atoms with van der Waals surface area (Å²) in [6.07, 6.45) is 10.0. The molecule has 0 aromatic carbocycles. The van der Waals surface area contributed by atoms with Crippen molar-refractivity contribution in [1.29, 1.82) is 0 Å². The number of hydrogen-bond donors (Lipinski definition) is 2. The third-order valence-electron chi connectivity index (χ3n) is 4.36. The SMILES string of the molecule is Cn1ncc(C(=O)NCC2(O)CCCCC2)c1-n1cccc1. The van der Waals surface area contributed by atoms with E-state index < -0.39 is 5.60 Å². The number of aromatic nitrogens is 3. The molecule has 0 radical (unpaired) electrons. The first-order valence-electron chi connectivity index (χ1n) is 7.75. The van der Waals surface area contributed by atoms with Gasteiger partial charge in [0, 0.05) is 26.0 Å². The van der Waals surface area contributed by atoms with Gasteiger partial charge in [-0.25, -0.2) is 0 Å². The lowest BCUT2D eigenvalue weighted by atomic mass is 9.85. The van der Waals surface area contributed by atoms with Crippen LogP contribution in [0.1, 0.15) is 42.5 Å². The van der Waals surface area contributed by atoms with E-state index >= 15 is 0 Å². The molecular formula is C16H22N4O2. The highest BCUT2D eigenvalue weighted by atomic mass is 16.3. The second-order valence-electron chi connectivity index (χ2n) is 6.06. The van der Waals surface area contributed by atoms with Crippen LogP contribution in [0.5, 0.6) is 0 Å². The zero-order valence-corrected chi connectivity index (χ0v) is 12.8. The summed E-state index contributed by atoms with van der Waals surface area (Å²) in [6, 6.07) is 3.80. The summed E-state index contributed by atoms with van der Waals surface area (Å²) in [6.45, 7) is 0.297. The van der Waals surface area contributed by atoms with Crippen molar-refractivity contribution < 1.29 is 9.90 Å². The molecule has 2 aromatic heterocycles. The van der Waals surface area contributed by atoms with Gasteiger partial charge in [-0.2, -0.15) is 5.10 Å². The lowest BCUT2D eigenvalue weighted by molar-refractivity contribution is 0.00525. The van der Waals surface area contributed by atoms with Crippen molar-refractivity contribution in [2.45, 2.75) is 37.7 Å². The quantitative estimate of drug-likeness (QED) is 0.902. The zero-order valence-electron chi connectivity index (χ0n) is 12.8. The lowest BCUT2D eigenvalue weighted by Gasteiger charge is -2.32. The molecule has 0 aliphatic heterocycles. The zero-order chi connectivity index (χ0) is 15.6. The fourth-order valence-corrected chi connectivity index (χ4v) is 3.10. The molecule has 2 aromatic rings. The van der Waals surface area contributed by atoms with Crippen LogP contribution in [0, 0.1) is 0 Å². The van der Waals surface area contributed by atoms with E-state index in [-0.39, 0.29) is 5.91 Å². The van der Waals surface area contributed by atoms with Crippen LogP contribution < -0.4 is 5.32 Å². The van der Waals surface area contributed by atoms with Gasteiger partial charge in [-0.3, -0.25) is 9.48 Å². The van der Waals surface area contributed by atoms with Crippen molar-refractivity contribution in [2.24, 2.45) is 7.05 Å². The summed E-state index contributed by atoms with van der Waals surface area (Å²) >= 11 is 0. The number of hydrogen-bond acceptors (Lipinski definition) is 3. The first-order valence-corrected chi connectivity index (χ1v) is 7.75. The first kappa shape index (κ1) is 14.8. The van der Waals surface area contributed by atoms with E-state index in [2.05, 4.69) is 10.4 Å². The van der Waals surface area contributed by atoms with E-state index in [1.165, 1.54) is 0 Å². The van der Waals surface area contributed by atoms with Crippen LogP contribution in [-0.2, 0) is 7.05 Å². The van der Waals surface area contributed by atoms with Crippen molar-refractivity contribution in [2.75, 3.05) is 6.54 Å². The summed E-state index contributed by atoms with van der Waals surface area (Å²) < 4.78 is 3.53. The predicted molar refractivity (Wildman–Crippen MR) is 82.9 cm³/mol. The Labute approximate surface area is 129 Å². The van der Waals surface area contributed by atoms with Gasteiger partial charge in [-0.05, 0) is 25.0 Å². The molecule has 2 N–H and O–H groups in total. The molecule has 1 aliphatic rings. The maximum Gasteiger partial charge on any atom is 0.256 e. The number of aliphatic hydroxyl groups is 1. The minimum absolute atomic E-state index is 0.198. The molecule has 0 saturated heterocycles. The average molecular weight is 302 g/mol. The molecule has 6 nitrogen and oxygen atoms in total. The molecule has 22 heavy (non-hydrogen) atoms. The van der Waals surface area contributed by atoms with Gasteiger partial charge in [0.15, 0.2) is 0 Å². The van der Waals surface area contributed by atoms with Gasteiger partial charge in [-0.1, -0.05) is 19.3 Å². The van der Waals surface area contributed by atoms with Crippen LogP contribution in [0.25, 0.3) is 5.82 Å². The van der Waals surface area contributed by atoms with Crippen molar-refractivity contribution in [3.63, 3.8) is 0 Å². The van der Waals surface area contributed by atoms with E-state index in [9.17, 15) is 9.90 Å². The van der Waals surface area contributed by atoms with Crippen molar-refractivity contribution >= 4 is 5.91 Å². The summed E-state index contributed by atoms with van der Waals surface area (Å²) in [5.74, 6) is 0.522. The van der Waals surface area contributed by atoms with Crippen LogP contribution in [0.3, 0.4) is 0 Å². The summed E-state index contributed by atoms with van der Waals surface area (Å²) in [5.41, 5.74) is -0.248. The van der Waals surface area contributed by atoms with Gasteiger partial charge in [0.05, 0.1) is 11.8 Å². The van der Waals surface area contributed by atoms with Crippen LogP contribution in [0.2, 0.25) is 0 Å². The Morgan fingerprint density at radius 3 is 2.68 bits per heavy atom. The normalized spacial score (nSPS) is 17.4. The summed E-state index contributed by atoms with van der Waals surface area (Å²) in [4.78, 5) is 12.5. The van der Waals surface area contributed by atoms with Crippen molar-refractivity contribution in [3.8, 4) is 5.82 Å². The average Bonchev–Trinajstić information content (AvgIpc) is 3.14. The van der Waals surface area contributed by atoms with Gasteiger partial charge in [0.1, 0.15) is 11.4 Å². The summed E-state index contributed by atoms with van der Waals surface area (Å²) in [7, 11) is 1.81. The molecule has 1 fully saturated rings. The van der Waals surface area contributed by atoms with Gasteiger partial charge >= 0.3 is 0 Å². The highest BCUT2D eigenvalue weighted by Gasteiger charge is 2.30. The van der Waals surface area contributed by atoms with E-state index in [1.807, 2.05) is 29.1 Å².